The van der Waals surface area contributed by atoms with E-state index in [1.54, 1.807) is 30.3 Å². The molecule has 3 rings (SSSR count). The normalized spacial score (nSPS) is 15.8. The summed E-state index contributed by atoms with van der Waals surface area (Å²) in [5.41, 5.74) is 2.38. The van der Waals surface area contributed by atoms with Gasteiger partial charge in [-0.3, -0.25) is 9.10 Å². The van der Waals surface area contributed by atoms with Crippen molar-refractivity contribution in [3.63, 3.8) is 0 Å². The zero-order chi connectivity index (χ0) is 18.0. The van der Waals surface area contributed by atoms with Crippen molar-refractivity contribution >= 4 is 27.3 Å². The molecule has 2 aromatic rings. The maximum atomic E-state index is 12.6. The molecule has 1 saturated heterocycles. The molecule has 0 aromatic heterocycles. The lowest BCUT2D eigenvalue weighted by atomic mass is 10.1. The smallest absolute Gasteiger partial charge is 0.256 e. The molecule has 1 amide bonds. The Bertz CT molecular complexity index is 909. The van der Waals surface area contributed by atoms with Gasteiger partial charge in [-0.05, 0) is 43.2 Å². The van der Waals surface area contributed by atoms with Crippen LogP contribution in [-0.4, -0.2) is 33.7 Å². The summed E-state index contributed by atoms with van der Waals surface area (Å²) >= 11 is 0. The number of nitrogens with zero attached hydrogens (tertiary/aromatic N) is 1. The van der Waals surface area contributed by atoms with Gasteiger partial charge in [0.05, 0.1) is 24.2 Å². The molecule has 1 aliphatic heterocycles. The van der Waals surface area contributed by atoms with Crippen LogP contribution < -0.4 is 14.4 Å². The Morgan fingerprint density at radius 1 is 1.20 bits per heavy atom. The molecule has 1 aliphatic rings. The third-order valence-electron chi connectivity index (χ3n) is 4.21. The third kappa shape index (κ3) is 3.46. The Hall–Kier alpha value is -2.54. The Balaban J connectivity index is 1.94. The van der Waals surface area contributed by atoms with Crippen molar-refractivity contribution in [2.24, 2.45) is 0 Å². The zero-order valence-corrected chi connectivity index (χ0v) is 15.0. The van der Waals surface area contributed by atoms with E-state index in [1.165, 1.54) is 11.4 Å². The lowest BCUT2D eigenvalue weighted by Gasteiger charge is -2.19. The molecule has 0 radical (unpaired) electrons. The zero-order valence-electron chi connectivity index (χ0n) is 14.2. The molecule has 6 nitrogen and oxygen atoms in total. The van der Waals surface area contributed by atoms with Gasteiger partial charge in [0.2, 0.25) is 10.0 Å². The number of hydrogen-bond donors (Lipinski definition) is 1. The predicted octanol–water partition coefficient (Wildman–Crippen LogP) is 2.80. The molecule has 1 fully saturated rings. The molecule has 0 spiro atoms. The van der Waals surface area contributed by atoms with Gasteiger partial charge in [-0.25, -0.2) is 8.42 Å². The topological polar surface area (TPSA) is 75.7 Å². The summed E-state index contributed by atoms with van der Waals surface area (Å²) in [6.45, 7) is 2.30. The number of anilines is 2. The van der Waals surface area contributed by atoms with Crippen LogP contribution in [0.2, 0.25) is 0 Å². The molecular formula is C18H20N2O4S. The van der Waals surface area contributed by atoms with E-state index in [-0.39, 0.29) is 11.7 Å². The van der Waals surface area contributed by atoms with Crippen molar-refractivity contribution in [3.8, 4) is 5.75 Å². The number of ether oxygens (including phenoxy) is 1. The fourth-order valence-corrected chi connectivity index (χ4v) is 4.45. The van der Waals surface area contributed by atoms with Crippen LogP contribution in [0.25, 0.3) is 0 Å². The summed E-state index contributed by atoms with van der Waals surface area (Å²) in [6.07, 6.45) is 0.596. The van der Waals surface area contributed by atoms with Crippen LogP contribution in [0, 0.1) is 6.92 Å². The summed E-state index contributed by atoms with van der Waals surface area (Å²) < 4.78 is 30.9. The molecule has 0 atom stereocenters. The number of aryl methyl sites for hydroxylation is 1. The molecule has 132 valence electrons. The summed E-state index contributed by atoms with van der Waals surface area (Å²) in [5, 5.41) is 2.82. The molecule has 0 bridgehead atoms. The first-order valence-electron chi connectivity index (χ1n) is 7.98. The highest BCUT2D eigenvalue weighted by molar-refractivity contribution is 7.93. The predicted molar refractivity (Wildman–Crippen MR) is 97.9 cm³/mol. The van der Waals surface area contributed by atoms with Crippen molar-refractivity contribution in [1.82, 2.24) is 0 Å². The summed E-state index contributed by atoms with van der Waals surface area (Å²) in [5.74, 6) is 0.351. The van der Waals surface area contributed by atoms with E-state index in [1.807, 2.05) is 19.1 Å². The van der Waals surface area contributed by atoms with Crippen LogP contribution in [0.3, 0.4) is 0 Å². The highest BCUT2D eigenvalue weighted by Gasteiger charge is 2.29. The van der Waals surface area contributed by atoms with E-state index in [4.69, 9.17) is 4.74 Å². The standard InChI is InChI=1S/C18H20N2O4S/c1-13-6-3-4-7-15(13)18(21)19-16-12-14(8-9-17(16)24-2)20-10-5-11-25(20,22)23/h3-4,6-9,12H,5,10-11H2,1-2H3,(H,19,21). The molecule has 0 aliphatic carbocycles. The van der Waals surface area contributed by atoms with Gasteiger partial charge in [-0.1, -0.05) is 18.2 Å². The fourth-order valence-electron chi connectivity index (χ4n) is 2.90. The second-order valence-electron chi connectivity index (χ2n) is 5.90. The van der Waals surface area contributed by atoms with Crippen molar-refractivity contribution in [1.29, 1.82) is 0 Å². The van der Waals surface area contributed by atoms with E-state index in [9.17, 15) is 13.2 Å². The maximum Gasteiger partial charge on any atom is 0.256 e. The van der Waals surface area contributed by atoms with Gasteiger partial charge in [0.1, 0.15) is 5.75 Å². The number of benzene rings is 2. The van der Waals surface area contributed by atoms with Gasteiger partial charge in [-0.2, -0.15) is 0 Å². The largest absolute Gasteiger partial charge is 0.495 e. The monoisotopic (exact) mass is 360 g/mol. The van der Waals surface area contributed by atoms with Crippen LogP contribution in [0.1, 0.15) is 22.3 Å². The first-order valence-corrected chi connectivity index (χ1v) is 9.59. The van der Waals surface area contributed by atoms with Gasteiger partial charge in [0.15, 0.2) is 0 Å². The van der Waals surface area contributed by atoms with E-state index in [0.29, 0.717) is 35.7 Å². The quantitative estimate of drug-likeness (QED) is 0.910. The van der Waals surface area contributed by atoms with Crippen LogP contribution in [0.5, 0.6) is 5.75 Å². The molecule has 0 saturated carbocycles. The molecule has 0 unspecified atom stereocenters. The van der Waals surface area contributed by atoms with Crippen LogP contribution in [-0.2, 0) is 10.0 Å². The number of nitrogens with one attached hydrogen (secondary N) is 1. The van der Waals surface area contributed by atoms with E-state index < -0.39 is 10.0 Å². The molecule has 1 heterocycles. The first-order chi connectivity index (χ1) is 11.9. The van der Waals surface area contributed by atoms with E-state index in [0.717, 1.165) is 5.56 Å². The van der Waals surface area contributed by atoms with Crippen LogP contribution in [0.4, 0.5) is 11.4 Å². The van der Waals surface area contributed by atoms with Crippen LogP contribution in [0.15, 0.2) is 42.5 Å². The van der Waals surface area contributed by atoms with E-state index in [2.05, 4.69) is 5.32 Å². The Labute approximate surface area is 147 Å². The summed E-state index contributed by atoms with van der Waals surface area (Å²) in [7, 11) is -1.78. The number of carbonyl (C=O) groups is 1. The molecule has 7 heteroatoms. The average molecular weight is 360 g/mol. The Morgan fingerprint density at radius 2 is 1.96 bits per heavy atom. The number of rotatable bonds is 4. The maximum absolute atomic E-state index is 12.6. The van der Waals surface area contributed by atoms with Gasteiger partial charge >= 0.3 is 0 Å². The summed E-state index contributed by atoms with van der Waals surface area (Å²) in [6, 6.07) is 12.3. The van der Waals surface area contributed by atoms with Gasteiger partial charge < -0.3 is 10.1 Å². The van der Waals surface area contributed by atoms with Gasteiger partial charge in [0.25, 0.3) is 5.91 Å². The SMILES string of the molecule is COc1ccc(N2CCCS2(=O)=O)cc1NC(=O)c1ccccc1C. The lowest BCUT2D eigenvalue weighted by Crippen LogP contribution is -2.25. The second kappa shape index (κ2) is 6.76. The minimum Gasteiger partial charge on any atom is -0.495 e. The first kappa shape index (κ1) is 17.3. The minimum atomic E-state index is -3.28. The number of carbonyl (C=O) groups excluding carboxylic acids is 1. The van der Waals surface area contributed by atoms with Crippen molar-refractivity contribution in [2.45, 2.75) is 13.3 Å². The van der Waals surface area contributed by atoms with Crippen molar-refractivity contribution in [2.75, 3.05) is 29.0 Å². The molecular weight excluding hydrogens is 340 g/mol. The minimum absolute atomic E-state index is 0.143. The number of amides is 1. The second-order valence-corrected chi connectivity index (χ2v) is 7.91. The van der Waals surface area contributed by atoms with Crippen molar-refractivity contribution < 1.29 is 17.9 Å². The van der Waals surface area contributed by atoms with Crippen LogP contribution >= 0.6 is 0 Å². The third-order valence-corrected chi connectivity index (χ3v) is 6.08. The fraction of sp³-hybridized carbons (Fsp3) is 0.278. The molecule has 25 heavy (non-hydrogen) atoms. The number of methoxy groups -OCH3 is 1. The Morgan fingerprint density at radius 3 is 2.60 bits per heavy atom. The molecule has 1 N–H and O–H groups in total. The Kier molecular flexibility index (Phi) is 4.67. The van der Waals surface area contributed by atoms with Crippen molar-refractivity contribution in [3.05, 3.63) is 53.6 Å². The van der Waals surface area contributed by atoms with Gasteiger partial charge in [-0.15, -0.1) is 0 Å². The highest BCUT2D eigenvalue weighted by atomic mass is 32.2. The van der Waals surface area contributed by atoms with Gasteiger partial charge in [0, 0.05) is 12.1 Å². The highest BCUT2D eigenvalue weighted by Crippen LogP contribution is 2.33. The summed E-state index contributed by atoms with van der Waals surface area (Å²) in [4.78, 5) is 12.6. The number of sulfonamides is 1. The van der Waals surface area contributed by atoms with E-state index >= 15 is 0 Å². The molecule has 2 aromatic carbocycles. The number of hydrogen-bond acceptors (Lipinski definition) is 4. The average Bonchev–Trinajstić information content (AvgIpc) is 2.94. The lowest BCUT2D eigenvalue weighted by molar-refractivity contribution is 0.102.